The Kier molecular flexibility index (Phi) is 5.55. The van der Waals surface area contributed by atoms with Gasteiger partial charge in [0.1, 0.15) is 5.76 Å². The van der Waals surface area contributed by atoms with Gasteiger partial charge in [-0.25, -0.2) is 0 Å². The number of aromatic nitrogens is 2. The zero-order valence-electron chi connectivity index (χ0n) is 14.3. The number of rotatable bonds is 7. The van der Waals surface area contributed by atoms with E-state index in [2.05, 4.69) is 15.5 Å². The molecular weight excluding hydrogens is 354 g/mol. The van der Waals surface area contributed by atoms with Crippen molar-refractivity contribution in [2.45, 2.75) is 36.9 Å². The quantitative estimate of drug-likeness (QED) is 0.477. The summed E-state index contributed by atoms with van der Waals surface area (Å²) in [7, 11) is 0. The van der Waals surface area contributed by atoms with E-state index < -0.39 is 0 Å². The molecule has 3 aromatic rings. The molecule has 0 fully saturated rings. The first-order valence-electron chi connectivity index (χ1n) is 7.91. The first-order chi connectivity index (χ1) is 12.0. The average molecular weight is 374 g/mol. The lowest BCUT2D eigenvalue weighted by molar-refractivity contribution is 0.0993. The number of nitrogens with one attached hydrogen (secondary N) is 1. The van der Waals surface area contributed by atoms with Crippen LogP contribution in [0.3, 0.4) is 0 Å². The lowest BCUT2D eigenvalue weighted by Crippen LogP contribution is -2.15. The monoisotopic (exact) mass is 373 g/mol. The molecule has 0 spiro atoms. The van der Waals surface area contributed by atoms with E-state index in [4.69, 9.17) is 4.42 Å². The van der Waals surface area contributed by atoms with Crippen LogP contribution in [-0.2, 0) is 6.54 Å². The van der Waals surface area contributed by atoms with Gasteiger partial charge in [0, 0.05) is 5.56 Å². The molecule has 25 heavy (non-hydrogen) atoms. The summed E-state index contributed by atoms with van der Waals surface area (Å²) in [5.41, 5.74) is 2.87. The van der Waals surface area contributed by atoms with E-state index in [1.54, 1.807) is 6.26 Å². The second kappa shape index (κ2) is 7.84. The van der Waals surface area contributed by atoms with Gasteiger partial charge in [0.25, 0.3) is 0 Å². The Morgan fingerprint density at radius 3 is 2.92 bits per heavy atom. The summed E-state index contributed by atoms with van der Waals surface area (Å²) in [5, 5.41) is 11.9. The summed E-state index contributed by atoms with van der Waals surface area (Å²) >= 11 is 2.88. The van der Waals surface area contributed by atoms with E-state index in [-0.39, 0.29) is 11.0 Å². The lowest BCUT2D eigenvalue weighted by atomic mass is 10.0. The molecule has 3 rings (SSSR count). The first-order valence-corrected chi connectivity index (χ1v) is 9.60. The van der Waals surface area contributed by atoms with Gasteiger partial charge in [0.05, 0.1) is 18.1 Å². The third kappa shape index (κ3) is 4.49. The molecule has 1 aromatic carbocycles. The fourth-order valence-electron chi connectivity index (χ4n) is 2.33. The van der Waals surface area contributed by atoms with E-state index in [1.807, 2.05) is 51.1 Å². The topological polar surface area (TPSA) is 68.0 Å². The van der Waals surface area contributed by atoms with E-state index in [0.717, 1.165) is 26.8 Å². The number of aryl methyl sites for hydroxylation is 2. The van der Waals surface area contributed by atoms with Gasteiger partial charge in [-0.1, -0.05) is 40.8 Å². The molecule has 7 heteroatoms. The minimum absolute atomic E-state index is 0.117. The minimum atomic E-state index is -0.216. The molecule has 0 radical (unpaired) electrons. The lowest BCUT2D eigenvalue weighted by Gasteiger charge is -2.11. The highest BCUT2D eigenvalue weighted by Crippen LogP contribution is 2.31. The third-order valence-corrected chi connectivity index (χ3v) is 5.77. The molecule has 2 aromatic heterocycles. The number of furan rings is 1. The second-order valence-electron chi connectivity index (χ2n) is 5.75. The first kappa shape index (κ1) is 17.7. The van der Waals surface area contributed by atoms with Crippen LogP contribution in [0.2, 0.25) is 0 Å². The molecule has 2 heterocycles. The van der Waals surface area contributed by atoms with Gasteiger partial charge in [-0.15, -0.1) is 10.2 Å². The molecule has 0 amide bonds. The number of benzene rings is 1. The van der Waals surface area contributed by atoms with Crippen LogP contribution in [0.1, 0.15) is 34.2 Å². The number of hydrogen-bond donors (Lipinski definition) is 1. The van der Waals surface area contributed by atoms with Crippen molar-refractivity contribution in [2.75, 3.05) is 5.32 Å². The molecule has 5 nitrogen and oxygen atoms in total. The molecule has 0 saturated carbocycles. The number of nitrogens with zero attached hydrogens (tertiary/aromatic N) is 2. The van der Waals surface area contributed by atoms with Gasteiger partial charge in [0.2, 0.25) is 5.13 Å². The van der Waals surface area contributed by atoms with Crippen molar-refractivity contribution in [2.24, 2.45) is 0 Å². The van der Waals surface area contributed by atoms with E-state index in [0.29, 0.717) is 11.7 Å². The van der Waals surface area contributed by atoms with Crippen LogP contribution in [0.25, 0.3) is 0 Å². The van der Waals surface area contributed by atoms with Gasteiger partial charge >= 0.3 is 0 Å². The summed E-state index contributed by atoms with van der Waals surface area (Å²) in [4.78, 5) is 12.7. The normalized spacial score (nSPS) is 12.1. The SMILES string of the molecule is Cc1ccc(C)c(C(=O)[C@@H](C)Sc2nnc(NCc3ccco3)s2)c1. The number of thioether (sulfide) groups is 1. The Morgan fingerprint density at radius 2 is 2.16 bits per heavy atom. The molecular formula is C18H19N3O2S2. The number of carbonyl (C=O) groups is 1. The van der Waals surface area contributed by atoms with E-state index >= 15 is 0 Å². The van der Waals surface area contributed by atoms with Gasteiger partial charge in [0.15, 0.2) is 10.1 Å². The number of hydrogen-bond acceptors (Lipinski definition) is 7. The van der Waals surface area contributed by atoms with Crippen LogP contribution in [0.15, 0.2) is 45.4 Å². The van der Waals surface area contributed by atoms with Crippen LogP contribution in [0, 0.1) is 13.8 Å². The highest BCUT2D eigenvalue weighted by molar-refractivity contribution is 8.02. The summed E-state index contributed by atoms with van der Waals surface area (Å²) in [6, 6.07) is 9.70. The molecule has 0 unspecified atom stereocenters. The Bertz CT molecular complexity index is 859. The van der Waals surface area contributed by atoms with Crippen LogP contribution >= 0.6 is 23.1 Å². The standard InChI is InChI=1S/C18H19N3O2S2/c1-11-6-7-12(2)15(9-11)16(22)13(3)24-18-21-20-17(25-18)19-10-14-5-4-8-23-14/h4-9,13H,10H2,1-3H3,(H,19,20)/t13-/m1/s1. The Labute approximate surface area is 154 Å². The maximum Gasteiger partial charge on any atom is 0.206 e. The zero-order chi connectivity index (χ0) is 17.8. The number of Topliss-reactive ketones (excluding diaryl/α,β-unsaturated/α-hetero) is 1. The number of ketones is 1. The van der Waals surface area contributed by atoms with Gasteiger partial charge in [-0.3, -0.25) is 4.79 Å². The molecule has 1 N–H and O–H groups in total. The molecule has 0 saturated heterocycles. The van der Waals surface area contributed by atoms with Crippen LogP contribution in [-0.4, -0.2) is 21.2 Å². The van der Waals surface area contributed by atoms with Crippen LogP contribution in [0.4, 0.5) is 5.13 Å². The van der Waals surface area contributed by atoms with Crippen molar-refractivity contribution in [1.29, 1.82) is 0 Å². The molecule has 0 aliphatic carbocycles. The van der Waals surface area contributed by atoms with Crippen LogP contribution in [0.5, 0.6) is 0 Å². The predicted molar refractivity (Wildman–Crippen MR) is 102 cm³/mol. The summed E-state index contributed by atoms with van der Waals surface area (Å²) in [6.07, 6.45) is 1.64. The minimum Gasteiger partial charge on any atom is -0.467 e. The summed E-state index contributed by atoms with van der Waals surface area (Å²) < 4.78 is 6.04. The predicted octanol–water partition coefficient (Wildman–Crippen LogP) is 4.72. The Morgan fingerprint density at radius 1 is 1.32 bits per heavy atom. The number of carbonyl (C=O) groups excluding carboxylic acids is 1. The molecule has 130 valence electrons. The molecule has 1 atom stereocenters. The van der Waals surface area contributed by atoms with Crippen molar-refractivity contribution in [3.05, 3.63) is 59.0 Å². The number of anilines is 1. The maximum atomic E-state index is 12.7. The fraction of sp³-hybridized carbons (Fsp3) is 0.278. The van der Waals surface area contributed by atoms with Gasteiger partial charge in [-0.2, -0.15) is 0 Å². The maximum absolute atomic E-state index is 12.7. The van der Waals surface area contributed by atoms with Crippen molar-refractivity contribution >= 4 is 34.0 Å². The van der Waals surface area contributed by atoms with E-state index in [1.165, 1.54) is 23.1 Å². The summed E-state index contributed by atoms with van der Waals surface area (Å²) in [6.45, 7) is 6.43. The smallest absolute Gasteiger partial charge is 0.206 e. The van der Waals surface area contributed by atoms with Crippen molar-refractivity contribution in [3.63, 3.8) is 0 Å². The third-order valence-electron chi connectivity index (χ3n) is 3.71. The fourth-order valence-corrected chi connectivity index (χ4v) is 4.29. The molecule has 0 aliphatic heterocycles. The highest BCUT2D eigenvalue weighted by Gasteiger charge is 2.20. The largest absolute Gasteiger partial charge is 0.467 e. The van der Waals surface area contributed by atoms with Crippen molar-refractivity contribution in [3.8, 4) is 0 Å². The van der Waals surface area contributed by atoms with Crippen molar-refractivity contribution < 1.29 is 9.21 Å². The summed E-state index contributed by atoms with van der Waals surface area (Å²) in [5.74, 6) is 0.953. The zero-order valence-corrected chi connectivity index (χ0v) is 15.9. The van der Waals surface area contributed by atoms with Gasteiger partial charge in [-0.05, 0) is 44.5 Å². The van der Waals surface area contributed by atoms with Crippen LogP contribution < -0.4 is 5.32 Å². The van der Waals surface area contributed by atoms with Gasteiger partial charge < -0.3 is 9.73 Å². The average Bonchev–Trinajstić information content (AvgIpc) is 3.26. The second-order valence-corrected chi connectivity index (χ2v) is 8.31. The highest BCUT2D eigenvalue weighted by atomic mass is 32.2. The molecule has 0 bridgehead atoms. The Balaban J connectivity index is 1.61. The Hall–Kier alpha value is -2.12. The molecule has 0 aliphatic rings. The van der Waals surface area contributed by atoms with Crippen molar-refractivity contribution in [1.82, 2.24) is 10.2 Å². The van der Waals surface area contributed by atoms with E-state index in [9.17, 15) is 4.79 Å².